The van der Waals surface area contributed by atoms with Gasteiger partial charge in [0.15, 0.2) is 5.96 Å². The van der Waals surface area contributed by atoms with Gasteiger partial charge in [-0.3, -0.25) is 19.7 Å². The summed E-state index contributed by atoms with van der Waals surface area (Å²) in [6.45, 7) is 4.31. The molecule has 0 bridgehead atoms. The number of aromatic amines is 2. The third-order valence-corrected chi connectivity index (χ3v) is 8.91. The van der Waals surface area contributed by atoms with Gasteiger partial charge in [0.1, 0.15) is 12.1 Å². The van der Waals surface area contributed by atoms with Crippen molar-refractivity contribution in [3.63, 3.8) is 0 Å². The van der Waals surface area contributed by atoms with E-state index in [2.05, 4.69) is 42.0 Å². The Morgan fingerprint density at radius 2 is 1.83 bits per heavy atom. The first-order valence-electron chi connectivity index (χ1n) is 16.5. The predicted octanol–water partition coefficient (Wildman–Crippen LogP) is 1.52. The Morgan fingerprint density at radius 1 is 1.06 bits per heavy atom. The number of imidazole rings is 1. The predicted molar refractivity (Wildman–Crippen MR) is 186 cm³/mol. The van der Waals surface area contributed by atoms with Crippen LogP contribution in [0.2, 0.25) is 0 Å². The lowest BCUT2D eigenvalue weighted by atomic mass is 9.95. The number of para-hydroxylation sites is 1. The molecule has 1 aliphatic rings. The number of fused-ring (bicyclic) bond motifs is 1. The van der Waals surface area contributed by atoms with E-state index in [0.29, 0.717) is 38.8 Å². The van der Waals surface area contributed by atoms with Crippen molar-refractivity contribution in [3.05, 3.63) is 90.1 Å². The number of nitrogens with zero attached hydrogens (tertiary/aromatic N) is 3. The Morgan fingerprint density at radius 3 is 2.54 bits per heavy atom. The molecule has 1 saturated heterocycles. The molecule has 5 atom stereocenters. The van der Waals surface area contributed by atoms with Gasteiger partial charge < -0.3 is 37.0 Å². The van der Waals surface area contributed by atoms with Gasteiger partial charge in [0.25, 0.3) is 0 Å². The summed E-state index contributed by atoms with van der Waals surface area (Å²) in [5, 5.41) is 10.7. The molecule has 2 aromatic heterocycles. The number of amides is 3. The van der Waals surface area contributed by atoms with Crippen molar-refractivity contribution in [1.29, 1.82) is 0 Å². The fourth-order valence-corrected chi connectivity index (χ4v) is 6.51. The number of benzene rings is 2. The highest BCUT2D eigenvalue weighted by atomic mass is 16.2. The summed E-state index contributed by atoms with van der Waals surface area (Å²) >= 11 is 0. The van der Waals surface area contributed by atoms with Gasteiger partial charge in [-0.1, -0.05) is 55.5 Å². The molecule has 5 rings (SSSR count). The molecule has 13 heteroatoms. The molecule has 0 saturated carbocycles. The maximum absolute atomic E-state index is 14.3. The number of aromatic nitrogens is 3. The fraction of sp³-hybridized carbons (Fsp3) is 0.400. The number of hydrogen-bond donors (Lipinski definition) is 7. The molecule has 48 heavy (non-hydrogen) atoms. The van der Waals surface area contributed by atoms with Crippen LogP contribution >= 0.6 is 0 Å². The highest BCUT2D eigenvalue weighted by Crippen LogP contribution is 2.22. The Bertz CT molecular complexity index is 1680. The van der Waals surface area contributed by atoms with Crippen LogP contribution in [0.25, 0.3) is 10.9 Å². The minimum Gasteiger partial charge on any atom is -0.370 e. The summed E-state index contributed by atoms with van der Waals surface area (Å²) in [4.78, 5) is 57.0. The Kier molecular flexibility index (Phi) is 11.5. The van der Waals surface area contributed by atoms with Gasteiger partial charge in [-0.2, -0.15) is 0 Å². The molecular formula is C35H46N10O3. The average Bonchev–Trinajstić information content (AvgIpc) is 3.71. The molecule has 3 amide bonds. The molecule has 0 aliphatic carbocycles. The van der Waals surface area contributed by atoms with Gasteiger partial charge in [0.2, 0.25) is 17.7 Å². The van der Waals surface area contributed by atoms with Gasteiger partial charge in [-0.15, -0.1) is 0 Å². The summed E-state index contributed by atoms with van der Waals surface area (Å²) in [6, 6.07) is 15.2. The monoisotopic (exact) mass is 654 g/mol. The number of aliphatic imine (C=N–C) groups is 1. The van der Waals surface area contributed by atoms with Crippen LogP contribution in [0.4, 0.5) is 0 Å². The first-order chi connectivity index (χ1) is 23.2. The average molecular weight is 655 g/mol. The van der Waals surface area contributed by atoms with E-state index in [0.717, 1.165) is 27.7 Å². The van der Waals surface area contributed by atoms with Gasteiger partial charge in [0.05, 0.1) is 12.4 Å². The second kappa shape index (κ2) is 16.1. The zero-order valence-corrected chi connectivity index (χ0v) is 27.5. The zero-order valence-electron chi connectivity index (χ0n) is 27.5. The Hall–Kier alpha value is -5.17. The van der Waals surface area contributed by atoms with Crippen LogP contribution in [0, 0.1) is 0 Å². The van der Waals surface area contributed by atoms with Crippen LogP contribution < -0.4 is 27.4 Å². The summed E-state index contributed by atoms with van der Waals surface area (Å²) in [5.41, 5.74) is 15.6. The number of nitrogens with two attached hydrogens (primary N) is 2. The quantitative estimate of drug-likeness (QED) is 0.0789. The fourth-order valence-electron chi connectivity index (χ4n) is 6.51. The van der Waals surface area contributed by atoms with Crippen molar-refractivity contribution in [2.24, 2.45) is 16.5 Å². The van der Waals surface area contributed by atoms with Crippen molar-refractivity contribution < 1.29 is 14.4 Å². The lowest BCUT2D eigenvalue weighted by Crippen LogP contribution is -2.60. The van der Waals surface area contributed by atoms with E-state index in [4.69, 9.17) is 11.5 Å². The summed E-state index contributed by atoms with van der Waals surface area (Å²) in [5.74, 6) is -0.827. The number of H-pyrrole nitrogens is 2. The molecule has 0 spiro atoms. The second-order valence-electron chi connectivity index (χ2n) is 12.3. The summed E-state index contributed by atoms with van der Waals surface area (Å²) in [6.07, 6.45) is 7.66. The lowest BCUT2D eigenvalue weighted by Gasteiger charge is -2.33. The van der Waals surface area contributed by atoms with Crippen LogP contribution in [0.15, 0.2) is 78.3 Å². The van der Waals surface area contributed by atoms with E-state index in [-0.39, 0.29) is 36.1 Å². The molecule has 1 aliphatic heterocycles. The third-order valence-electron chi connectivity index (χ3n) is 8.91. The van der Waals surface area contributed by atoms with Crippen molar-refractivity contribution in [3.8, 4) is 0 Å². The highest BCUT2D eigenvalue weighted by Gasteiger charge is 2.39. The molecule has 9 N–H and O–H groups in total. The standard InChI is InChI=1S/C35H46N10O3/c1-3-27(44-35(36)37)32-34(48)45(15-13-24-19-39-28-12-8-7-11-26(24)28)16-14-29(42-32)30(17-23-9-5-4-6-10-23)43-33(47)31(41-22(2)46)18-25-20-38-21-40-25/h4-12,19-21,27,29-32,39,42H,3,13-18H2,1-2H3,(H,38,40)(H,41,46)(H,43,47)(H4,36,37,44)/t27?,29-,30+,31-,32-/m0/s1. The minimum absolute atomic E-state index is 0.0886. The smallest absolute Gasteiger partial charge is 0.243 e. The highest BCUT2D eigenvalue weighted by molar-refractivity contribution is 5.88. The van der Waals surface area contributed by atoms with Crippen LogP contribution in [-0.4, -0.2) is 86.8 Å². The SMILES string of the molecule is CCC(N=C(N)N)[C@@H]1N[C@H]([C@@H](Cc2ccccc2)NC(=O)[C@H](Cc2cnc[nH]2)NC(C)=O)CCN(CCc2c[nH]c3ccccc23)C1=O. The van der Waals surface area contributed by atoms with Crippen LogP contribution in [-0.2, 0) is 33.6 Å². The number of guanidine groups is 1. The van der Waals surface area contributed by atoms with Crippen LogP contribution in [0.5, 0.6) is 0 Å². The van der Waals surface area contributed by atoms with Gasteiger partial charge >= 0.3 is 0 Å². The number of hydrogen-bond acceptors (Lipinski definition) is 6. The van der Waals surface area contributed by atoms with E-state index >= 15 is 0 Å². The zero-order chi connectivity index (χ0) is 34.0. The van der Waals surface area contributed by atoms with E-state index in [1.54, 1.807) is 6.20 Å². The van der Waals surface area contributed by atoms with E-state index < -0.39 is 24.2 Å². The Labute approximate surface area is 280 Å². The summed E-state index contributed by atoms with van der Waals surface area (Å²) in [7, 11) is 0. The number of carbonyl (C=O) groups excluding carboxylic acids is 3. The maximum atomic E-state index is 14.3. The Balaban J connectivity index is 1.43. The molecule has 254 valence electrons. The van der Waals surface area contributed by atoms with Crippen molar-refractivity contribution in [1.82, 2.24) is 35.8 Å². The molecule has 2 aromatic carbocycles. The maximum Gasteiger partial charge on any atom is 0.243 e. The second-order valence-corrected chi connectivity index (χ2v) is 12.3. The molecule has 1 fully saturated rings. The number of carbonyl (C=O) groups is 3. The van der Waals surface area contributed by atoms with E-state index in [1.165, 1.54) is 13.3 Å². The normalized spacial score (nSPS) is 18.5. The van der Waals surface area contributed by atoms with Gasteiger partial charge in [0, 0.05) is 67.5 Å². The lowest BCUT2D eigenvalue weighted by molar-refractivity contribution is -0.133. The van der Waals surface area contributed by atoms with Gasteiger partial charge in [-0.05, 0) is 42.9 Å². The van der Waals surface area contributed by atoms with Crippen LogP contribution in [0.1, 0.15) is 43.5 Å². The molecule has 3 heterocycles. The molecule has 0 radical (unpaired) electrons. The van der Waals surface area contributed by atoms with E-state index in [1.807, 2.05) is 66.6 Å². The van der Waals surface area contributed by atoms with Crippen molar-refractivity contribution >= 4 is 34.6 Å². The first-order valence-corrected chi connectivity index (χ1v) is 16.5. The number of rotatable bonds is 14. The topological polar surface area (TPSA) is 199 Å². The first kappa shape index (κ1) is 34.2. The largest absolute Gasteiger partial charge is 0.370 e. The third kappa shape index (κ3) is 8.79. The van der Waals surface area contributed by atoms with Crippen molar-refractivity contribution in [2.45, 2.75) is 76.2 Å². The van der Waals surface area contributed by atoms with E-state index in [9.17, 15) is 14.4 Å². The summed E-state index contributed by atoms with van der Waals surface area (Å²) < 4.78 is 0. The van der Waals surface area contributed by atoms with Crippen molar-refractivity contribution in [2.75, 3.05) is 13.1 Å². The molecule has 13 nitrogen and oxygen atoms in total. The molecule has 4 aromatic rings. The number of nitrogens with one attached hydrogen (secondary N) is 5. The van der Waals surface area contributed by atoms with Crippen LogP contribution in [0.3, 0.4) is 0 Å². The minimum atomic E-state index is -0.831. The van der Waals surface area contributed by atoms with Gasteiger partial charge in [-0.25, -0.2) is 9.98 Å². The molecular weight excluding hydrogens is 608 g/mol. The molecule has 1 unspecified atom stereocenters.